The maximum Gasteiger partial charge on any atom is 0.237 e. The van der Waals surface area contributed by atoms with E-state index in [1.54, 1.807) is 0 Å². The molecule has 4 aliphatic rings. The Hall–Kier alpha value is -1.14. The predicted octanol–water partition coefficient (Wildman–Crippen LogP) is 2.28. The van der Waals surface area contributed by atoms with E-state index >= 15 is 0 Å². The highest BCUT2D eigenvalue weighted by molar-refractivity contribution is 5.86. The van der Waals surface area contributed by atoms with Crippen molar-refractivity contribution in [2.75, 3.05) is 27.2 Å². The van der Waals surface area contributed by atoms with Gasteiger partial charge in [0.1, 0.15) is 0 Å². The number of carbonyl (C=O) groups excluding carboxylic acids is 2. The Labute approximate surface area is 176 Å². The van der Waals surface area contributed by atoms with E-state index in [4.69, 9.17) is 0 Å². The molecule has 3 atom stereocenters. The molecule has 0 aromatic heterocycles. The third-order valence-corrected chi connectivity index (χ3v) is 7.75. The summed E-state index contributed by atoms with van der Waals surface area (Å²) in [6.45, 7) is 1.89. The van der Waals surface area contributed by atoms with Gasteiger partial charge >= 0.3 is 0 Å². The third-order valence-electron chi connectivity index (χ3n) is 7.75. The molecule has 0 spiro atoms. The van der Waals surface area contributed by atoms with Crippen LogP contribution in [0.25, 0.3) is 0 Å². The fourth-order valence-electron chi connectivity index (χ4n) is 6.03. The summed E-state index contributed by atoms with van der Waals surface area (Å²) in [6.07, 6.45) is 13.5. The minimum Gasteiger partial charge on any atom is -0.351 e. The average molecular weight is 405 g/mol. The minimum atomic E-state index is -0.191. The Morgan fingerprint density at radius 2 is 1.55 bits per heavy atom. The first kappa shape index (κ1) is 21.1. The van der Waals surface area contributed by atoms with Crippen LogP contribution in [0.4, 0.5) is 0 Å². The van der Waals surface area contributed by atoms with E-state index in [1.165, 1.54) is 32.1 Å². The Kier molecular flexibility index (Phi) is 6.50. The molecule has 164 valence electrons. The Morgan fingerprint density at radius 3 is 2.21 bits per heavy atom. The lowest BCUT2D eigenvalue weighted by molar-refractivity contribution is -0.131. The predicted molar refractivity (Wildman–Crippen MR) is 115 cm³/mol. The molecule has 3 aliphatic carbocycles. The molecule has 3 saturated carbocycles. The summed E-state index contributed by atoms with van der Waals surface area (Å²) < 4.78 is 0. The Balaban J connectivity index is 1.34. The molecule has 29 heavy (non-hydrogen) atoms. The molecule has 0 aromatic rings. The van der Waals surface area contributed by atoms with Gasteiger partial charge in [-0.2, -0.15) is 0 Å². The van der Waals surface area contributed by atoms with Gasteiger partial charge in [-0.15, -0.1) is 0 Å². The molecule has 2 N–H and O–H groups in total. The van der Waals surface area contributed by atoms with Gasteiger partial charge in [-0.3, -0.25) is 14.5 Å². The normalized spacial score (nSPS) is 32.4. The summed E-state index contributed by atoms with van der Waals surface area (Å²) in [5.41, 5.74) is -0.191. The highest BCUT2D eigenvalue weighted by atomic mass is 16.2. The molecular formula is C23H40N4O2. The van der Waals surface area contributed by atoms with Gasteiger partial charge in [-0.25, -0.2) is 0 Å². The lowest BCUT2D eigenvalue weighted by atomic mass is 9.97. The van der Waals surface area contributed by atoms with Crippen LogP contribution in [0.2, 0.25) is 0 Å². The molecule has 6 heteroatoms. The molecule has 4 rings (SSSR count). The third kappa shape index (κ3) is 4.79. The molecule has 2 amide bonds. The molecule has 1 aliphatic heterocycles. The highest BCUT2D eigenvalue weighted by Crippen LogP contribution is 2.46. The van der Waals surface area contributed by atoms with Gasteiger partial charge in [0.25, 0.3) is 0 Å². The smallest absolute Gasteiger partial charge is 0.237 e. The number of likely N-dealkylation sites (tertiary alicyclic amines) is 1. The molecule has 4 fully saturated rings. The lowest BCUT2D eigenvalue weighted by Crippen LogP contribution is -2.57. The number of hydrogen-bond donors (Lipinski definition) is 2. The van der Waals surface area contributed by atoms with Gasteiger partial charge in [-0.05, 0) is 78.4 Å². The van der Waals surface area contributed by atoms with Crippen LogP contribution in [0.5, 0.6) is 0 Å². The van der Waals surface area contributed by atoms with Crippen molar-refractivity contribution in [3.63, 3.8) is 0 Å². The van der Waals surface area contributed by atoms with Crippen LogP contribution < -0.4 is 10.6 Å². The topological polar surface area (TPSA) is 64.7 Å². The summed E-state index contributed by atoms with van der Waals surface area (Å²) in [5, 5.41) is 6.68. The van der Waals surface area contributed by atoms with E-state index in [1.807, 2.05) is 14.1 Å². The summed E-state index contributed by atoms with van der Waals surface area (Å²) in [4.78, 5) is 30.8. The van der Waals surface area contributed by atoms with E-state index in [0.29, 0.717) is 6.04 Å². The maximum atomic E-state index is 13.2. The van der Waals surface area contributed by atoms with Crippen molar-refractivity contribution in [1.82, 2.24) is 20.4 Å². The molecule has 6 nitrogen and oxygen atoms in total. The van der Waals surface area contributed by atoms with E-state index in [2.05, 4.69) is 20.4 Å². The lowest BCUT2D eigenvalue weighted by Gasteiger charge is -2.39. The first-order valence-corrected chi connectivity index (χ1v) is 12.0. The van der Waals surface area contributed by atoms with Gasteiger partial charge in [0, 0.05) is 24.7 Å². The number of carbonyl (C=O) groups is 2. The van der Waals surface area contributed by atoms with Gasteiger partial charge in [0.05, 0.1) is 11.5 Å². The van der Waals surface area contributed by atoms with Gasteiger partial charge < -0.3 is 15.5 Å². The number of nitrogens with zero attached hydrogens (tertiary/aromatic N) is 2. The van der Waals surface area contributed by atoms with Crippen LogP contribution in [0.3, 0.4) is 0 Å². The first-order chi connectivity index (χ1) is 14.0. The number of hydrogen-bond acceptors (Lipinski definition) is 4. The van der Waals surface area contributed by atoms with Crippen LogP contribution in [0.1, 0.15) is 77.0 Å². The summed E-state index contributed by atoms with van der Waals surface area (Å²) in [6, 6.07) is 0.821. The van der Waals surface area contributed by atoms with Gasteiger partial charge in [-0.1, -0.05) is 19.3 Å². The SMILES string of the molecule is CN(C)CC1(C(=O)N[C@@H]2CCC[C@H]2NC(=O)C2CCCCN2C2CCCC2)CC1. The zero-order chi connectivity index (χ0) is 20.4. The van der Waals surface area contributed by atoms with Gasteiger partial charge in [0.2, 0.25) is 11.8 Å². The number of nitrogens with one attached hydrogen (secondary N) is 2. The monoisotopic (exact) mass is 404 g/mol. The number of piperidine rings is 1. The van der Waals surface area contributed by atoms with E-state index in [-0.39, 0.29) is 35.4 Å². The van der Waals surface area contributed by atoms with Crippen LogP contribution in [0.15, 0.2) is 0 Å². The van der Waals surface area contributed by atoms with Crippen molar-refractivity contribution in [3.05, 3.63) is 0 Å². The van der Waals surface area contributed by atoms with Gasteiger partial charge in [0.15, 0.2) is 0 Å². The average Bonchev–Trinajstić information content (AvgIpc) is 3.09. The minimum absolute atomic E-state index is 0.0346. The fourth-order valence-corrected chi connectivity index (χ4v) is 6.03. The Bertz CT molecular complexity index is 598. The van der Waals surface area contributed by atoms with Crippen molar-refractivity contribution < 1.29 is 9.59 Å². The fraction of sp³-hybridized carbons (Fsp3) is 0.913. The van der Waals surface area contributed by atoms with Crippen molar-refractivity contribution in [2.45, 2.75) is 101 Å². The van der Waals surface area contributed by atoms with Crippen molar-refractivity contribution in [3.8, 4) is 0 Å². The molecule has 1 unspecified atom stereocenters. The van der Waals surface area contributed by atoms with E-state index < -0.39 is 0 Å². The standard InChI is InChI=1S/C23H40N4O2/c1-26(2)16-23(13-14-23)22(29)25-19-11-7-10-18(19)24-21(28)20-12-5-6-15-27(20)17-8-3-4-9-17/h17-20H,3-16H2,1-2H3,(H,24,28)(H,25,29)/t18-,19-,20?/m1/s1. The number of amides is 2. The first-order valence-electron chi connectivity index (χ1n) is 12.0. The highest BCUT2D eigenvalue weighted by Gasteiger charge is 2.51. The zero-order valence-electron chi connectivity index (χ0n) is 18.4. The zero-order valence-corrected chi connectivity index (χ0v) is 18.4. The van der Waals surface area contributed by atoms with Crippen LogP contribution in [0, 0.1) is 5.41 Å². The maximum absolute atomic E-state index is 13.2. The molecule has 1 heterocycles. The molecule has 0 radical (unpaired) electrons. The summed E-state index contributed by atoms with van der Waals surface area (Å²) >= 11 is 0. The second-order valence-electron chi connectivity index (χ2n) is 10.3. The van der Waals surface area contributed by atoms with Crippen molar-refractivity contribution >= 4 is 11.8 Å². The van der Waals surface area contributed by atoms with E-state index in [9.17, 15) is 9.59 Å². The second kappa shape index (κ2) is 8.93. The van der Waals surface area contributed by atoms with Crippen molar-refractivity contribution in [2.24, 2.45) is 5.41 Å². The van der Waals surface area contributed by atoms with Crippen LogP contribution in [-0.4, -0.2) is 73.0 Å². The van der Waals surface area contributed by atoms with Crippen LogP contribution >= 0.6 is 0 Å². The second-order valence-corrected chi connectivity index (χ2v) is 10.3. The molecule has 1 saturated heterocycles. The number of rotatable bonds is 7. The molecular weight excluding hydrogens is 364 g/mol. The summed E-state index contributed by atoms with van der Waals surface area (Å²) in [5.74, 6) is 0.403. The quantitative estimate of drug-likeness (QED) is 0.683. The molecule has 0 bridgehead atoms. The van der Waals surface area contributed by atoms with Crippen LogP contribution in [-0.2, 0) is 9.59 Å². The Morgan fingerprint density at radius 1 is 0.897 bits per heavy atom. The van der Waals surface area contributed by atoms with Crippen molar-refractivity contribution in [1.29, 1.82) is 0 Å². The summed E-state index contributed by atoms with van der Waals surface area (Å²) in [7, 11) is 4.07. The molecule has 0 aromatic carbocycles. The largest absolute Gasteiger partial charge is 0.351 e. The van der Waals surface area contributed by atoms with E-state index in [0.717, 1.165) is 58.0 Å².